The highest BCUT2D eigenvalue weighted by atomic mass is 15.7. The monoisotopic (exact) mass is 490 g/mol. The molecular weight excluding hydrogens is 456 g/mol. The normalized spacial score (nSPS) is 12.3. The van der Waals surface area contributed by atoms with Crippen molar-refractivity contribution in [2.24, 2.45) is 10.8 Å². The molecule has 0 aromatic heterocycles. The molecular formula is C31H34N6. The number of hydrogen-bond acceptors (Lipinski definition) is 6. The maximum Gasteiger partial charge on any atom is 0.156 e. The van der Waals surface area contributed by atoms with E-state index >= 15 is 0 Å². The highest BCUT2D eigenvalue weighted by Gasteiger charge is 2.28. The van der Waals surface area contributed by atoms with Crippen molar-refractivity contribution in [1.82, 2.24) is 5.53 Å². The molecule has 0 radical (unpaired) electrons. The van der Waals surface area contributed by atoms with Crippen LogP contribution in [0.3, 0.4) is 0 Å². The van der Waals surface area contributed by atoms with Crippen molar-refractivity contribution in [2.45, 2.75) is 20.3 Å². The average molecular weight is 491 g/mol. The van der Waals surface area contributed by atoms with E-state index in [0.717, 1.165) is 40.9 Å². The number of hydrazone groups is 1. The van der Waals surface area contributed by atoms with Crippen molar-refractivity contribution in [1.29, 1.82) is 0 Å². The molecule has 0 fully saturated rings. The molecule has 7 N–H and O–H groups in total. The standard InChI is InChI=1S/C17H22N6.C14H12/c1-3-11-12(10-8-6-5-7-9-10)14(18)15(19)13-16(11)23(4-2)22-21-17(13)20;1-3-7-13(8-4-1)11-12-14-9-5-2-6-10-14/h5-9,22H,3-4,18-19H2,1-2H3,(H2,20,21);1-12H. The molecule has 1 aliphatic heterocycles. The van der Waals surface area contributed by atoms with E-state index in [2.05, 4.69) is 54.0 Å². The zero-order chi connectivity index (χ0) is 26.2. The summed E-state index contributed by atoms with van der Waals surface area (Å²) in [5.74, 6) is 0.364. The number of amidine groups is 1. The molecule has 5 rings (SSSR count). The van der Waals surface area contributed by atoms with Crippen LogP contribution in [0.5, 0.6) is 0 Å². The van der Waals surface area contributed by atoms with Gasteiger partial charge in [0.25, 0.3) is 0 Å². The minimum atomic E-state index is 0.364. The number of hydrogen-bond donors (Lipinski definition) is 4. The predicted octanol–water partition coefficient (Wildman–Crippen LogP) is 5.90. The van der Waals surface area contributed by atoms with Crippen LogP contribution in [-0.4, -0.2) is 12.4 Å². The van der Waals surface area contributed by atoms with Gasteiger partial charge in [-0.25, -0.2) is 5.53 Å². The van der Waals surface area contributed by atoms with Crippen LogP contribution in [-0.2, 0) is 6.42 Å². The molecule has 6 nitrogen and oxygen atoms in total. The Bertz CT molecular complexity index is 1340. The number of rotatable bonds is 5. The van der Waals surface area contributed by atoms with Crippen LogP contribution in [0, 0.1) is 0 Å². The van der Waals surface area contributed by atoms with Gasteiger partial charge in [-0.2, -0.15) is 0 Å². The van der Waals surface area contributed by atoms with E-state index in [1.807, 2.05) is 78.7 Å². The van der Waals surface area contributed by atoms with Crippen LogP contribution in [0.25, 0.3) is 23.3 Å². The summed E-state index contributed by atoms with van der Waals surface area (Å²) < 4.78 is 0. The van der Waals surface area contributed by atoms with Crippen molar-refractivity contribution in [3.05, 3.63) is 113 Å². The second-order valence-electron chi connectivity index (χ2n) is 8.62. The molecule has 4 aromatic carbocycles. The number of nitrogens with one attached hydrogen (secondary N) is 1. The van der Waals surface area contributed by atoms with Crippen LogP contribution >= 0.6 is 0 Å². The molecule has 0 unspecified atom stereocenters. The quantitative estimate of drug-likeness (QED) is 0.206. The summed E-state index contributed by atoms with van der Waals surface area (Å²) in [6.45, 7) is 4.88. The molecule has 4 aromatic rings. The Hall–Kier alpha value is -4.71. The zero-order valence-corrected chi connectivity index (χ0v) is 21.4. The third-order valence-electron chi connectivity index (χ3n) is 6.27. The Labute approximate surface area is 219 Å². The molecule has 188 valence electrons. The number of hydrazine groups is 1. The molecule has 0 amide bonds. The number of benzene rings is 4. The van der Waals surface area contributed by atoms with E-state index in [-0.39, 0.29) is 0 Å². The summed E-state index contributed by atoms with van der Waals surface area (Å²) in [6, 6.07) is 30.7. The molecule has 0 aliphatic carbocycles. The number of nitrogens with two attached hydrogens (primary N) is 3. The fourth-order valence-corrected chi connectivity index (χ4v) is 4.43. The van der Waals surface area contributed by atoms with Gasteiger partial charge in [-0.1, -0.05) is 110 Å². The molecule has 0 saturated carbocycles. The van der Waals surface area contributed by atoms with Crippen LogP contribution in [0.2, 0.25) is 0 Å². The lowest BCUT2D eigenvalue weighted by molar-refractivity contribution is 0.660. The van der Waals surface area contributed by atoms with Gasteiger partial charge in [0.1, 0.15) is 0 Å². The van der Waals surface area contributed by atoms with Gasteiger partial charge < -0.3 is 17.2 Å². The third-order valence-corrected chi connectivity index (χ3v) is 6.27. The highest BCUT2D eigenvalue weighted by Crippen LogP contribution is 2.44. The lowest BCUT2D eigenvalue weighted by atomic mass is 9.89. The number of anilines is 3. The van der Waals surface area contributed by atoms with Crippen molar-refractivity contribution in [2.75, 3.05) is 23.0 Å². The number of nitrogens with zero attached hydrogens (tertiary/aromatic N) is 2. The molecule has 6 heteroatoms. The van der Waals surface area contributed by atoms with Crippen molar-refractivity contribution in [3.63, 3.8) is 0 Å². The first-order valence-electron chi connectivity index (χ1n) is 12.5. The maximum absolute atomic E-state index is 6.39. The fourth-order valence-electron chi connectivity index (χ4n) is 4.43. The second kappa shape index (κ2) is 11.8. The molecule has 0 spiro atoms. The summed E-state index contributed by atoms with van der Waals surface area (Å²) in [6.07, 6.45) is 5.05. The third kappa shape index (κ3) is 5.59. The van der Waals surface area contributed by atoms with Gasteiger partial charge >= 0.3 is 0 Å². The van der Waals surface area contributed by atoms with Crippen molar-refractivity contribution < 1.29 is 0 Å². The Balaban J connectivity index is 0.000000195. The molecule has 37 heavy (non-hydrogen) atoms. The smallest absolute Gasteiger partial charge is 0.156 e. The Morgan fingerprint density at radius 1 is 0.703 bits per heavy atom. The molecule has 1 aliphatic rings. The lowest BCUT2D eigenvalue weighted by Crippen LogP contribution is -2.42. The van der Waals surface area contributed by atoms with Crippen LogP contribution in [0.15, 0.2) is 96.1 Å². The maximum atomic E-state index is 6.39. The average Bonchev–Trinajstić information content (AvgIpc) is 2.95. The van der Waals surface area contributed by atoms with E-state index < -0.39 is 0 Å². The van der Waals surface area contributed by atoms with Crippen molar-refractivity contribution >= 4 is 35.0 Å². The van der Waals surface area contributed by atoms with Gasteiger partial charge in [0.05, 0.1) is 22.6 Å². The molecule has 0 atom stereocenters. The van der Waals surface area contributed by atoms with Gasteiger partial charge in [-0.3, -0.25) is 5.01 Å². The first kappa shape index (κ1) is 25.4. The van der Waals surface area contributed by atoms with Crippen LogP contribution in [0.1, 0.15) is 36.1 Å². The van der Waals surface area contributed by atoms with E-state index in [4.69, 9.17) is 17.2 Å². The Kier molecular flexibility index (Phi) is 8.11. The van der Waals surface area contributed by atoms with Gasteiger partial charge in [-0.15, -0.1) is 5.10 Å². The van der Waals surface area contributed by atoms with E-state index in [1.165, 1.54) is 11.1 Å². The van der Waals surface area contributed by atoms with Gasteiger partial charge in [0.15, 0.2) is 5.84 Å². The SMILES string of the molecule is C(=Cc1ccccc1)c1ccccc1.CCc1c(-c2ccccc2)c(N)c(N)c2c1N(CC)NN=C2N. The van der Waals surface area contributed by atoms with E-state index in [9.17, 15) is 0 Å². The van der Waals surface area contributed by atoms with Gasteiger partial charge in [0.2, 0.25) is 0 Å². The second-order valence-corrected chi connectivity index (χ2v) is 8.62. The topological polar surface area (TPSA) is 106 Å². The van der Waals surface area contributed by atoms with Gasteiger partial charge in [0, 0.05) is 12.1 Å². The summed E-state index contributed by atoms with van der Waals surface area (Å²) in [5.41, 5.74) is 30.1. The van der Waals surface area contributed by atoms with Crippen molar-refractivity contribution in [3.8, 4) is 11.1 Å². The molecule has 0 saturated heterocycles. The van der Waals surface area contributed by atoms with Crippen LogP contribution < -0.4 is 27.7 Å². The first-order valence-corrected chi connectivity index (χ1v) is 12.5. The summed E-state index contributed by atoms with van der Waals surface area (Å²) in [4.78, 5) is 0. The summed E-state index contributed by atoms with van der Waals surface area (Å²) in [5, 5.41) is 6.09. The highest BCUT2D eigenvalue weighted by molar-refractivity contribution is 6.13. The largest absolute Gasteiger partial charge is 0.397 e. The Morgan fingerprint density at radius 2 is 1.19 bits per heavy atom. The first-order chi connectivity index (χ1) is 18.0. The number of fused-ring (bicyclic) bond motifs is 1. The Morgan fingerprint density at radius 3 is 1.68 bits per heavy atom. The van der Waals surface area contributed by atoms with Gasteiger partial charge in [-0.05, 0) is 35.6 Å². The molecule has 0 bridgehead atoms. The molecule has 1 heterocycles. The fraction of sp³-hybridized carbons (Fsp3) is 0.129. The van der Waals surface area contributed by atoms with E-state index in [1.54, 1.807) is 0 Å². The lowest BCUT2D eigenvalue weighted by Gasteiger charge is -2.33. The summed E-state index contributed by atoms with van der Waals surface area (Å²) >= 11 is 0. The minimum absolute atomic E-state index is 0.364. The number of nitrogen functional groups attached to an aromatic ring is 2. The van der Waals surface area contributed by atoms with E-state index in [0.29, 0.717) is 17.2 Å². The zero-order valence-electron chi connectivity index (χ0n) is 21.4. The minimum Gasteiger partial charge on any atom is -0.397 e. The summed E-state index contributed by atoms with van der Waals surface area (Å²) in [7, 11) is 0. The predicted molar refractivity (Wildman–Crippen MR) is 159 cm³/mol. The van der Waals surface area contributed by atoms with Crippen LogP contribution in [0.4, 0.5) is 17.1 Å².